The molecular formula is C13H18O2. The van der Waals surface area contributed by atoms with Gasteiger partial charge in [-0.3, -0.25) is 0 Å². The molecule has 0 aliphatic carbocycles. The minimum atomic E-state index is 0.403. The number of aliphatic hydroxyl groups excluding tert-OH is 1. The monoisotopic (exact) mass is 206 g/mol. The van der Waals surface area contributed by atoms with E-state index in [4.69, 9.17) is 4.79 Å². The highest BCUT2D eigenvalue weighted by atomic mass is 16.3. The van der Waals surface area contributed by atoms with Crippen molar-refractivity contribution in [2.24, 2.45) is 0 Å². The van der Waals surface area contributed by atoms with Gasteiger partial charge in [0.05, 0.1) is 0 Å². The molecule has 0 radical (unpaired) electrons. The summed E-state index contributed by atoms with van der Waals surface area (Å²) in [5.41, 5.74) is 2.06. The fraction of sp³-hybridized carbons (Fsp3) is 0.308. The van der Waals surface area contributed by atoms with Gasteiger partial charge >= 0.3 is 0 Å². The Bertz CT molecular complexity index is 316. The molecule has 0 heterocycles. The number of hydrogen-bond donors (Lipinski definition) is 1. The van der Waals surface area contributed by atoms with Crippen molar-refractivity contribution in [1.29, 1.82) is 0 Å². The molecule has 1 aromatic carbocycles. The van der Waals surface area contributed by atoms with Crippen LogP contribution in [0.25, 0.3) is 5.76 Å². The predicted octanol–water partition coefficient (Wildman–Crippen LogP) is 3.51. The van der Waals surface area contributed by atoms with Crippen LogP contribution >= 0.6 is 0 Å². The smallest absolute Gasteiger partial charge is 0.119 e. The Hall–Kier alpha value is -1.57. The Morgan fingerprint density at radius 2 is 2.00 bits per heavy atom. The summed E-state index contributed by atoms with van der Waals surface area (Å²) in [5, 5.41) is 9.69. The van der Waals surface area contributed by atoms with Crippen LogP contribution in [-0.4, -0.2) is 11.9 Å². The van der Waals surface area contributed by atoms with Crippen molar-refractivity contribution >= 4 is 12.5 Å². The SMILES string of the molecule is C=O.CCC/C=C(\O)c1ccccc1C. The summed E-state index contributed by atoms with van der Waals surface area (Å²) in [5.74, 6) is 0.403. The van der Waals surface area contributed by atoms with Gasteiger partial charge < -0.3 is 9.90 Å². The molecule has 2 nitrogen and oxygen atoms in total. The van der Waals surface area contributed by atoms with Gasteiger partial charge in [-0.05, 0) is 25.0 Å². The lowest BCUT2D eigenvalue weighted by Crippen LogP contribution is -1.86. The maximum absolute atomic E-state index is 9.69. The molecule has 0 amide bonds. The van der Waals surface area contributed by atoms with E-state index in [-0.39, 0.29) is 0 Å². The van der Waals surface area contributed by atoms with Gasteiger partial charge in [-0.15, -0.1) is 0 Å². The molecule has 1 rings (SSSR count). The topological polar surface area (TPSA) is 37.3 Å². The lowest BCUT2D eigenvalue weighted by atomic mass is 10.1. The van der Waals surface area contributed by atoms with Crippen LogP contribution in [0.3, 0.4) is 0 Å². The van der Waals surface area contributed by atoms with Crippen LogP contribution in [0.5, 0.6) is 0 Å². The third-order valence-electron chi connectivity index (χ3n) is 2.05. The molecule has 0 bridgehead atoms. The summed E-state index contributed by atoms with van der Waals surface area (Å²) in [7, 11) is 0. The molecule has 0 saturated carbocycles. The number of allylic oxidation sites excluding steroid dienone is 1. The normalized spacial score (nSPS) is 10.4. The van der Waals surface area contributed by atoms with Gasteiger partial charge in [0.15, 0.2) is 0 Å². The standard InChI is InChI=1S/C12H16O.CH2O/c1-3-4-9-12(13)11-8-6-5-7-10(11)2;1-2/h5-9,13H,3-4H2,1-2H3;1H2/b12-9-;. The van der Waals surface area contributed by atoms with E-state index in [1.807, 2.05) is 44.1 Å². The van der Waals surface area contributed by atoms with Gasteiger partial charge in [0.25, 0.3) is 0 Å². The first-order valence-electron chi connectivity index (χ1n) is 4.99. The average Bonchev–Trinajstić information content (AvgIpc) is 2.29. The lowest BCUT2D eigenvalue weighted by Gasteiger charge is -2.03. The lowest BCUT2D eigenvalue weighted by molar-refractivity contribution is -0.0979. The second-order valence-corrected chi connectivity index (χ2v) is 3.19. The molecule has 0 saturated heterocycles. The van der Waals surface area contributed by atoms with E-state index in [9.17, 15) is 5.11 Å². The molecule has 0 aliphatic rings. The Kier molecular flexibility index (Phi) is 6.98. The zero-order chi connectivity index (χ0) is 11.7. The first-order valence-corrected chi connectivity index (χ1v) is 4.99. The molecule has 1 aromatic rings. The molecule has 82 valence electrons. The number of aliphatic hydroxyl groups is 1. The van der Waals surface area contributed by atoms with Crippen LogP contribution in [0.4, 0.5) is 0 Å². The maximum Gasteiger partial charge on any atom is 0.119 e. The zero-order valence-electron chi connectivity index (χ0n) is 9.36. The van der Waals surface area contributed by atoms with E-state index in [1.54, 1.807) is 0 Å². The zero-order valence-corrected chi connectivity index (χ0v) is 9.36. The van der Waals surface area contributed by atoms with E-state index in [2.05, 4.69) is 6.92 Å². The first-order chi connectivity index (χ1) is 7.25. The van der Waals surface area contributed by atoms with Crippen LogP contribution in [0.15, 0.2) is 30.3 Å². The highest BCUT2D eigenvalue weighted by molar-refractivity contribution is 5.61. The van der Waals surface area contributed by atoms with Gasteiger partial charge in [0, 0.05) is 5.56 Å². The van der Waals surface area contributed by atoms with E-state index >= 15 is 0 Å². The Morgan fingerprint density at radius 1 is 1.40 bits per heavy atom. The number of aryl methyl sites for hydroxylation is 1. The van der Waals surface area contributed by atoms with Gasteiger partial charge in [-0.2, -0.15) is 0 Å². The van der Waals surface area contributed by atoms with E-state index in [0.717, 1.165) is 24.0 Å². The highest BCUT2D eigenvalue weighted by Gasteiger charge is 2.00. The van der Waals surface area contributed by atoms with E-state index in [0.29, 0.717) is 5.76 Å². The molecule has 0 fully saturated rings. The van der Waals surface area contributed by atoms with Gasteiger partial charge in [0.1, 0.15) is 12.5 Å². The fourth-order valence-electron chi connectivity index (χ4n) is 1.25. The Labute approximate surface area is 91.3 Å². The van der Waals surface area contributed by atoms with Crippen molar-refractivity contribution in [2.75, 3.05) is 0 Å². The fourth-order valence-corrected chi connectivity index (χ4v) is 1.25. The molecule has 0 aliphatic heterocycles. The Morgan fingerprint density at radius 3 is 2.53 bits per heavy atom. The second-order valence-electron chi connectivity index (χ2n) is 3.19. The number of unbranched alkanes of at least 4 members (excludes halogenated alkanes) is 1. The van der Waals surface area contributed by atoms with E-state index in [1.165, 1.54) is 0 Å². The summed E-state index contributed by atoms with van der Waals surface area (Å²) in [4.78, 5) is 8.00. The molecule has 0 unspecified atom stereocenters. The van der Waals surface area contributed by atoms with Crippen LogP contribution in [0, 0.1) is 6.92 Å². The molecule has 1 N–H and O–H groups in total. The molecule has 15 heavy (non-hydrogen) atoms. The summed E-state index contributed by atoms with van der Waals surface area (Å²) in [6.07, 6.45) is 3.87. The van der Waals surface area contributed by atoms with Crippen molar-refractivity contribution in [3.8, 4) is 0 Å². The molecule has 0 aromatic heterocycles. The van der Waals surface area contributed by atoms with Crippen molar-refractivity contribution in [2.45, 2.75) is 26.7 Å². The van der Waals surface area contributed by atoms with Gasteiger partial charge in [0.2, 0.25) is 0 Å². The summed E-state index contributed by atoms with van der Waals surface area (Å²) < 4.78 is 0. The van der Waals surface area contributed by atoms with Crippen LogP contribution in [0.1, 0.15) is 30.9 Å². The van der Waals surface area contributed by atoms with Crippen LogP contribution in [0.2, 0.25) is 0 Å². The molecular weight excluding hydrogens is 188 g/mol. The first kappa shape index (κ1) is 13.4. The number of hydrogen-bond acceptors (Lipinski definition) is 2. The summed E-state index contributed by atoms with van der Waals surface area (Å²) >= 11 is 0. The van der Waals surface area contributed by atoms with Crippen molar-refractivity contribution in [3.63, 3.8) is 0 Å². The van der Waals surface area contributed by atoms with Crippen LogP contribution in [-0.2, 0) is 4.79 Å². The van der Waals surface area contributed by atoms with Crippen LogP contribution < -0.4 is 0 Å². The molecule has 2 heteroatoms. The van der Waals surface area contributed by atoms with Crippen molar-refractivity contribution < 1.29 is 9.90 Å². The third kappa shape index (κ3) is 4.45. The van der Waals surface area contributed by atoms with Crippen molar-refractivity contribution in [3.05, 3.63) is 41.5 Å². The minimum absolute atomic E-state index is 0.403. The van der Waals surface area contributed by atoms with Crippen molar-refractivity contribution in [1.82, 2.24) is 0 Å². The Balaban J connectivity index is 0.000000921. The third-order valence-corrected chi connectivity index (χ3v) is 2.05. The van der Waals surface area contributed by atoms with Gasteiger partial charge in [-0.1, -0.05) is 37.6 Å². The quantitative estimate of drug-likeness (QED) is 0.768. The minimum Gasteiger partial charge on any atom is -0.508 e. The molecule has 0 atom stereocenters. The molecule has 0 spiro atoms. The second kappa shape index (κ2) is 7.80. The summed E-state index contributed by atoms with van der Waals surface area (Å²) in [6, 6.07) is 7.87. The number of carbonyl (C=O) groups excluding carboxylic acids is 1. The predicted molar refractivity (Wildman–Crippen MR) is 63.8 cm³/mol. The highest BCUT2D eigenvalue weighted by Crippen LogP contribution is 2.16. The number of benzene rings is 1. The van der Waals surface area contributed by atoms with Gasteiger partial charge in [-0.25, -0.2) is 0 Å². The maximum atomic E-state index is 9.69. The number of carbonyl (C=O) groups is 1. The average molecular weight is 206 g/mol. The summed E-state index contributed by atoms with van der Waals surface area (Å²) in [6.45, 7) is 6.10. The number of rotatable bonds is 3. The van der Waals surface area contributed by atoms with E-state index < -0.39 is 0 Å². The largest absolute Gasteiger partial charge is 0.508 e.